The van der Waals surface area contributed by atoms with Gasteiger partial charge in [0, 0.05) is 21.4 Å². The van der Waals surface area contributed by atoms with Crippen molar-refractivity contribution in [2.24, 2.45) is 5.73 Å². The number of thiazole rings is 1. The van der Waals surface area contributed by atoms with Crippen molar-refractivity contribution in [1.29, 1.82) is 0 Å². The van der Waals surface area contributed by atoms with Crippen LogP contribution in [0.15, 0.2) is 29.2 Å². The van der Waals surface area contributed by atoms with E-state index in [2.05, 4.69) is 30.5 Å². The van der Waals surface area contributed by atoms with Crippen LogP contribution in [0.5, 0.6) is 0 Å². The molecule has 1 unspecified atom stereocenters. The molecule has 0 bridgehead atoms. The molecule has 0 amide bonds. The third-order valence-electron chi connectivity index (χ3n) is 3.33. The highest BCUT2D eigenvalue weighted by molar-refractivity contribution is 7.98. The van der Waals surface area contributed by atoms with E-state index in [0.29, 0.717) is 0 Å². The van der Waals surface area contributed by atoms with Crippen LogP contribution >= 0.6 is 23.1 Å². The largest absolute Gasteiger partial charge is 0.323 e. The van der Waals surface area contributed by atoms with Gasteiger partial charge in [-0.3, -0.25) is 0 Å². The van der Waals surface area contributed by atoms with Gasteiger partial charge in [0.05, 0.1) is 5.69 Å². The summed E-state index contributed by atoms with van der Waals surface area (Å²) in [5.41, 5.74) is 8.58. The molecule has 1 aliphatic carbocycles. The van der Waals surface area contributed by atoms with E-state index in [0.717, 1.165) is 17.8 Å². The zero-order valence-electron chi connectivity index (χ0n) is 10.3. The Morgan fingerprint density at radius 3 is 2.78 bits per heavy atom. The molecule has 0 saturated heterocycles. The molecule has 1 heterocycles. The summed E-state index contributed by atoms with van der Waals surface area (Å²) in [4.78, 5) is 7.34. The number of benzene rings is 1. The maximum Gasteiger partial charge on any atom is 0.123 e. The van der Waals surface area contributed by atoms with Gasteiger partial charge in [-0.2, -0.15) is 0 Å². The molecule has 3 rings (SSSR count). The number of fused-ring (bicyclic) bond motifs is 1. The van der Waals surface area contributed by atoms with E-state index in [1.807, 2.05) is 0 Å². The lowest BCUT2D eigenvalue weighted by Crippen LogP contribution is -2.15. The molecule has 1 aromatic heterocycles. The Morgan fingerprint density at radius 1 is 1.33 bits per heavy atom. The van der Waals surface area contributed by atoms with Crippen molar-refractivity contribution in [1.82, 2.24) is 4.98 Å². The number of nitrogens with zero attached hydrogens (tertiary/aromatic N) is 1. The van der Waals surface area contributed by atoms with Crippen LogP contribution < -0.4 is 5.73 Å². The molecule has 1 aromatic carbocycles. The Hall–Kier alpha value is -0.840. The van der Waals surface area contributed by atoms with Gasteiger partial charge in [0.2, 0.25) is 0 Å². The van der Waals surface area contributed by atoms with Crippen LogP contribution in [0.1, 0.15) is 29.5 Å². The molecule has 0 saturated carbocycles. The van der Waals surface area contributed by atoms with Crippen LogP contribution in [0.3, 0.4) is 0 Å². The van der Waals surface area contributed by atoms with E-state index in [4.69, 9.17) is 10.7 Å². The number of aryl methyl sites for hydroxylation is 1. The summed E-state index contributed by atoms with van der Waals surface area (Å²) in [7, 11) is 0. The van der Waals surface area contributed by atoms with Crippen LogP contribution in [0.25, 0.3) is 10.6 Å². The molecular formula is C14H16N2S2. The van der Waals surface area contributed by atoms with Gasteiger partial charge in [-0.1, -0.05) is 12.1 Å². The molecule has 0 aliphatic heterocycles. The van der Waals surface area contributed by atoms with Gasteiger partial charge in [0.15, 0.2) is 0 Å². The molecule has 0 radical (unpaired) electrons. The SMILES string of the molecule is CSc1ccc(-c2nc3c(s2)C(N)CCC3)cc1. The van der Waals surface area contributed by atoms with Crippen LogP contribution in [0.2, 0.25) is 0 Å². The molecule has 0 spiro atoms. The second-order valence-electron chi connectivity index (χ2n) is 4.56. The highest BCUT2D eigenvalue weighted by Gasteiger charge is 2.21. The van der Waals surface area contributed by atoms with E-state index in [1.165, 1.54) is 27.5 Å². The predicted octanol–water partition coefficient (Wildman–Crippen LogP) is 3.87. The zero-order valence-corrected chi connectivity index (χ0v) is 12.0. The molecule has 18 heavy (non-hydrogen) atoms. The molecule has 4 heteroatoms. The van der Waals surface area contributed by atoms with Crippen molar-refractivity contribution in [3.63, 3.8) is 0 Å². The first-order valence-electron chi connectivity index (χ1n) is 6.17. The average molecular weight is 276 g/mol. The minimum absolute atomic E-state index is 0.200. The maximum absolute atomic E-state index is 6.15. The number of aromatic nitrogens is 1. The number of nitrogens with two attached hydrogens (primary N) is 1. The van der Waals surface area contributed by atoms with Gasteiger partial charge in [0.1, 0.15) is 5.01 Å². The summed E-state index contributed by atoms with van der Waals surface area (Å²) in [5, 5.41) is 1.12. The number of hydrogen-bond acceptors (Lipinski definition) is 4. The molecule has 2 aromatic rings. The van der Waals surface area contributed by atoms with Crippen LogP contribution in [0, 0.1) is 0 Å². The third-order valence-corrected chi connectivity index (χ3v) is 5.35. The second kappa shape index (κ2) is 5.03. The van der Waals surface area contributed by atoms with E-state index >= 15 is 0 Å². The first-order valence-corrected chi connectivity index (χ1v) is 8.21. The van der Waals surface area contributed by atoms with Crippen molar-refractivity contribution in [2.75, 3.05) is 6.26 Å². The van der Waals surface area contributed by atoms with Crippen LogP contribution in [0.4, 0.5) is 0 Å². The van der Waals surface area contributed by atoms with Gasteiger partial charge in [-0.25, -0.2) is 4.98 Å². The topological polar surface area (TPSA) is 38.9 Å². The molecule has 1 aliphatic rings. The summed E-state index contributed by atoms with van der Waals surface area (Å²) in [6.45, 7) is 0. The van der Waals surface area contributed by atoms with Crippen molar-refractivity contribution >= 4 is 23.1 Å². The van der Waals surface area contributed by atoms with Gasteiger partial charge >= 0.3 is 0 Å². The minimum Gasteiger partial charge on any atom is -0.323 e. The average Bonchev–Trinajstić information content (AvgIpc) is 2.84. The Balaban J connectivity index is 1.96. The second-order valence-corrected chi connectivity index (χ2v) is 6.47. The predicted molar refractivity (Wildman–Crippen MR) is 79.2 cm³/mol. The lowest BCUT2D eigenvalue weighted by atomic mass is 9.99. The molecule has 1 atom stereocenters. The summed E-state index contributed by atoms with van der Waals surface area (Å²) < 4.78 is 0. The van der Waals surface area contributed by atoms with Gasteiger partial charge in [-0.05, 0) is 37.7 Å². The van der Waals surface area contributed by atoms with Gasteiger partial charge < -0.3 is 5.73 Å². The van der Waals surface area contributed by atoms with Gasteiger partial charge in [0.25, 0.3) is 0 Å². The van der Waals surface area contributed by atoms with E-state index in [9.17, 15) is 0 Å². The highest BCUT2D eigenvalue weighted by atomic mass is 32.2. The first-order chi connectivity index (χ1) is 8.78. The number of thioether (sulfide) groups is 1. The lowest BCUT2D eigenvalue weighted by Gasteiger charge is -2.15. The van der Waals surface area contributed by atoms with E-state index in [-0.39, 0.29) is 6.04 Å². The first kappa shape index (κ1) is 12.2. The Bertz CT molecular complexity index is 545. The van der Waals surface area contributed by atoms with Crippen molar-refractivity contribution in [3.8, 4) is 10.6 Å². The Labute approximate surface area is 116 Å². The molecule has 2 nitrogen and oxygen atoms in total. The quantitative estimate of drug-likeness (QED) is 0.846. The Morgan fingerprint density at radius 2 is 2.11 bits per heavy atom. The number of hydrogen-bond donors (Lipinski definition) is 1. The van der Waals surface area contributed by atoms with Crippen molar-refractivity contribution in [3.05, 3.63) is 34.8 Å². The smallest absolute Gasteiger partial charge is 0.123 e. The summed E-state index contributed by atoms with van der Waals surface area (Å²) in [6.07, 6.45) is 5.45. The fourth-order valence-corrected chi connectivity index (χ4v) is 3.87. The minimum atomic E-state index is 0.200. The van der Waals surface area contributed by atoms with E-state index < -0.39 is 0 Å². The normalized spacial score (nSPS) is 18.7. The highest BCUT2D eigenvalue weighted by Crippen LogP contribution is 2.36. The molecule has 0 fully saturated rings. The van der Waals surface area contributed by atoms with Crippen molar-refractivity contribution in [2.45, 2.75) is 30.2 Å². The standard InChI is InChI=1S/C14H16N2S2/c1-17-10-7-5-9(6-8-10)14-16-12-4-2-3-11(15)13(12)18-14/h5-8,11H,2-4,15H2,1H3. The lowest BCUT2D eigenvalue weighted by molar-refractivity contribution is 0.573. The summed E-state index contributed by atoms with van der Waals surface area (Å²) in [5.74, 6) is 0. The summed E-state index contributed by atoms with van der Waals surface area (Å²) >= 11 is 3.53. The van der Waals surface area contributed by atoms with Crippen LogP contribution in [-0.2, 0) is 6.42 Å². The molecular weight excluding hydrogens is 260 g/mol. The number of rotatable bonds is 2. The summed E-state index contributed by atoms with van der Waals surface area (Å²) in [6, 6.07) is 8.81. The fraction of sp³-hybridized carbons (Fsp3) is 0.357. The fourth-order valence-electron chi connectivity index (χ4n) is 2.31. The molecule has 94 valence electrons. The Kier molecular flexibility index (Phi) is 3.41. The van der Waals surface area contributed by atoms with Crippen LogP contribution in [-0.4, -0.2) is 11.2 Å². The maximum atomic E-state index is 6.15. The molecule has 2 N–H and O–H groups in total. The monoisotopic (exact) mass is 276 g/mol. The van der Waals surface area contributed by atoms with E-state index in [1.54, 1.807) is 23.1 Å². The van der Waals surface area contributed by atoms with Crippen molar-refractivity contribution < 1.29 is 0 Å². The third kappa shape index (κ3) is 2.20. The zero-order chi connectivity index (χ0) is 12.5. The van der Waals surface area contributed by atoms with Gasteiger partial charge in [-0.15, -0.1) is 23.1 Å².